The minimum absolute atomic E-state index is 3.54. The number of hydrogen-bond donors (Lipinski definition) is 0. The van der Waals surface area contributed by atoms with Crippen molar-refractivity contribution in [1.29, 1.82) is 0 Å². The van der Waals surface area contributed by atoms with Crippen molar-refractivity contribution in [3.8, 4) is 0 Å². The van der Waals surface area contributed by atoms with E-state index >= 15 is 0 Å². The smallest absolute Gasteiger partial charge is 0.235 e. The van der Waals surface area contributed by atoms with Gasteiger partial charge in [-0.3, -0.25) is 0 Å². The highest BCUT2D eigenvalue weighted by atomic mass is 35.5. The Morgan fingerprint density at radius 1 is 0.833 bits per heavy atom. The van der Waals surface area contributed by atoms with Gasteiger partial charge in [0.2, 0.25) is 6.17 Å². The van der Waals surface area contributed by atoms with E-state index in [1.54, 1.807) is 0 Å². The fourth-order valence-electron chi connectivity index (χ4n) is 0.332. The molecular weight excluding hydrogens is 216 g/mol. The first-order valence-electron chi connectivity index (χ1n) is 2.48. The molecule has 0 rings (SSSR count). The monoisotopic (exact) mass is 218 g/mol. The minimum atomic E-state index is -5.58. The molecule has 0 aliphatic rings. The van der Waals surface area contributed by atoms with Gasteiger partial charge in [0.05, 0.1) is 0 Å². The van der Waals surface area contributed by atoms with Gasteiger partial charge in [0.1, 0.15) is 0 Å². The van der Waals surface area contributed by atoms with Gasteiger partial charge in [-0.15, -0.1) is 11.6 Å². The van der Waals surface area contributed by atoms with Crippen molar-refractivity contribution in [3.05, 3.63) is 0 Å². The van der Waals surface area contributed by atoms with E-state index in [1.165, 1.54) is 0 Å². The molecule has 0 unspecified atom stereocenters. The highest BCUT2D eigenvalue weighted by molar-refractivity contribution is 6.21. The van der Waals surface area contributed by atoms with Crippen LogP contribution in [0.3, 0.4) is 0 Å². The van der Waals surface area contributed by atoms with Crippen LogP contribution in [0.4, 0.5) is 30.7 Å². The lowest BCUT2D eigenvalue weighted by Crippen LogP contribution is -2.41. The molecule has 2 atom stereocenters. The zero-order valence-corrected chi connectivity index (χ0v) is 5.93. The summed E-state index contributed by atoms with van der Waals surface area (Å²) in [4.78, 5) is 0. The second-order valence-electron chi connectivity index (χ2n) is 1.89. The van der Waals surface area contributed by atoms with Crippen LogP contribution in [-0.2, 0) is 0 Å². The molecule has 0 bridgehead atoms. The highest BCUT2D eigenvalue weighted by Gasteiger charge is 2.55. The minimum Gasteiger partial charge on any atom is -0.235 e. The largest absolute Gasteiger partial charge is 0.421 e. The Balaban J connectivity index is 4.41. The van der Waals surface area contributed by atoms with Crippen LogP contribution in [0, 0.1) is 0 Å². The van der Waals surface area contributed by atoms with Gasteiger partial charge in [-0.05, 0) is 0 Å². The van der Waals surface area contributed by atoms with Gasteiger partial charge in [0, 0.05) is 0 Å². The van der Waals surface area contributed by atoms with Crippen LogP contribution in [0.25, 0.3) is 0 Å². The molecule has 0 saturated carbocycles. The Bertz CT molecular complexity index is 128. The standard InChI is InChI=1S/C4H2ClF7/c5-1(3(7,8)9)2(6)4(10,11)12/h1-2H/t1-,2+/m1/s1. The number of alkyl halides is 8. The average Bonchev–Trinajstić information content (AvgIpc) is 1.80. The van der Waals surface area contributed by atoms with E-state index in [0.717, 1.165) is 0 Å². The van der Waals surface area contributed by atoms with E-state index in [-0.39, 0.29) is 0 Å². The first-order valence-corrected chi connectivity index (χ1v) is 2.92. The van der Waals surface area contributed by atoms with E-state index in [9.17, 15) is 30.7 Å². The molecule has 8 heteroatoms. The van der Waals surface area contributed by atoms with Crippen molar-refractivity contribution >= 4 is 11.6 Å². The predicted molar refractivity (Wildman–Crippen MR) is 26.6 cm³/mol. The Hall–Kier alpha value is -0.200. The molecule has 12 heavy (non-hydrogen) atoms. The molecule has 0 aliphatic carbocycles. The van der Waals surface area contributed by atoms with Gasteiger partial charge in [-0.1, -0.05) is 0 Å². The van der Waals surface area contributed by atoms with Crippen LogP contribution in [-0.4, -0.2) is 23.9 Å². The second kappa shape index (κ2) is 3.27. The van der Waals surface area contributed by atoms with E-state index in [2.05, 4.69) is 11.6 Å². The van der Waals surface area contributed by atoms with Crippen LogP contribution in [0.5, 0.6) is 0 Å². The maximum Gasteiger partial charge on any atom is 0.421 e. The third-order valence-electron chi connectivity index (χ3n) is 0.882. The van der Waals surface area contributed by atoms with Gasteiger partial charge >= 0.3 is 12.4 Å². The number of rotatable bonds is 1. The van der Waals surface area contributed by atoms with Crippen molar-refractivity contribution in [3.63, 3.8) is 0 Å². The Morgan fingerprint density at radius 3 is 1.25 bits per heavy atom. The molecule has 0 heterocycles. The molecule has 0 N–H and O–H groups in total. The maximum atomic E-state index is 11.8. The summed E-state index contributed by atoms with van der Waals surface area (Å²) in [6, 6.07) is 0. The summed E-state index contributed by atoms with van der Waals surface area (Å²) < 4.78 is 79.7. The lowest BCUT2D eigenvalue weighted by atomic mass is 10.2. The predicted octanol–water partition coefficient (Wildman–Crippen LogP) is 3.06. The molecule has 0 aliphatic heterocycles. The fourth-order valence-corrected chi connectivity index (χ4v) is 0.475. The van der Waals surface area contributed by atoms with Crippen LogP contribution in [0.15, 0.2) is 0 Å². The molecule has 0 amide bonds. The van der Waals surface area contributed by atoms with Gasteiger partial charge in [-0.2, -0.15) is 26.3 Å². The second-order valence-corrected chi connectivity index (χ2v) is 2.36. The lowest BCUT2D eigenvalue weighted by Gasteiger charge is -2.19. The molecule has 0 aromatic rings. The van der Waals surface area contributed by atoms with E-state index in [0.29, 0.717) is 0 Å². The fraction of sp³-hybridized carbons (Fsp3) is 1.00. The zero-order chi connectivity index (χ0) is 10.2. The van der Waals surface area contributed by atoms with Crippen LogP contribution in [0.2, 0.25) is 0 Å². The van der Waals surface area contributed by atoms with Crippen molar-refractivity contribution < 1.29 is 30.7 Å². The first-order chi connectivity index (χ1) is 5.07. The van der Waals surface area contributed by atoms with Crippen molar-refractivity contribution in [2.75, 3.05) is 0 Å². The SMILES string of the molecule is F[C@@H]([C@@H](Cl)C(F)(F)F)C(F)(F)F. The van der Waals surface area contributed by atoms with Gasteiger partial charge in [0.25, 0.3) is 0 Å². The Labute approximate surface area is 67.3 Å². The van der Waals surface area contributed by atoms with Crippen LogP contribution in [0.1, 0.15) is 0 Å². The number of halogens is 8. The molecule has 0 spiro atoms. The van der Waals surface area contributed by atoms with Crippen molar-refractivity contribution in [2.45, 2.75) is 23.9 Å². The maximum absolute atomic E-state index is 11.8. The molecule has 0 nitrogen and oxygen atoms in total. The van der Waals surface area contributed by atoms with E-state index < -0.39 is 23.9 Å². The zero-order valence-electron chi connectivity index (χ0n) is 5.18. The molecule has 0 fully saturated rings. The average molecular weight is 218 g/mol. The quantitative estimate of drug-likeness (QED) is 0.469. The van der Waals surface area contributed by atoms with Gasteiger partial charge in [-0.25, -0.2) is 4.39 Å². The molecular formula is C4H2ClF7. The topological polar surface area (TPSA) is 0 Å². The van der Waals surface area contributed by atoms with E-state index in [4.69, 9.17) is 0 Å². The normalized spacial score (nSPS) is 19.0. The molecule has 0 aromatic carbocycles. The van der Waals surface area contributed by atoms with E-state index in [1.807, 2.05) is 0 Å². The number of hydrogen-bond acceptors (Lipinski definition) is 0. The third-order valence-corrected chi connectivity index (χ3v) is 1.35. The molecule has 0 radical (unpaired) electrons. The van der Waals surface area contributed by atoms with Crippen LogP contribution >= 0.6 is 11.6 Å². The van der Waals surface area contributed by atoms with Crippen molar-refractivity contribution in [1.82, 2.24) is 0 Å². The Kier molecular flexibility index (Phi) is 3.22. The van der Waals surface area contributed by atoms with Crippen molar-refractivity contribution in [2.24, 2.45) is 0 Å². The summed E-state index contributed by atoms with van der Waals surface area (Å²) in [6.45, 7) is 0. The molecule has 74 valence electrons. The summed E-state index contributed by atoms with van der Waals surface area (Å²) in [5.41, 5.74) is 0. The molecule has 0 saturated heterocycles. The van der Waals surface area contributed by atoms with Crippen LogP contribution < -0.4 is 0 Å². The summed E-state index contributed by atoms with van der Waals surface area (Å²) in [5.74, 6) is 0. The molecule has 0 aromatic heterocycles. The van der Waals surface area contributed by atoms with Gasteiger partial charge in [0.15, 0.2) is 5.38 Å². The summed E-state index contributed by atoms with van der Waals surface area (Å²) in [7, 11) is 0. The van der Waals surface area contributed by atoms with Gasteiger partial charge < -0.3 is 0 Å². The lowest BCUT2D eigenvalue weighted by molar-refractivity contribution is -0.218. The summed E-state index contributed by atoms with van der Waals surface area (Å²) >= 11 is 4.17. The summed E-state index contributed by atoms with van der Waals surface area (Å²) in [6.07, 6.45) is -15.1. The highest BCUT2D eigenvalue weighted by Crippen LogP contribution is 2.36. The first kappa shape index (κ1) is 11.8. The Morgan fingerprint density at radius 2 is 1.17 bits per heavy atom. The third kappa shape index (κ3) is 3.04. The summed E-state index contributed by atoms with van der Waals surface area (Å²) in [5, 5.41) is -3.54.